The summed E-state index contributed by atoms with van der Waals surface area (Å²) in [5.41, 5.74) is 1.01. The van der Waals surface area contributed by atoms with Gasteiger partial charge < -0.3 is 5.32 Å². The van der Waals surface area contributed by atoms with E-state index in [2.05, 4.69) is 21.2 Å². The number of rotatable bonds is 1. The zero-order valence-electron chi connectivity index (χ0n) is 11.3. The van der Waals surface area contributed by atoms with Crippen LogP contribution in [0.5, 0.6) is 0 Å². The van der Waals surface area contributed by atoms with Gasteiger partial charge in [0.05, 0.1) is 17.3 Å². The number of anilines is 1. The summed E-state index contributed by atoms with van der Waals surface area (Å²) in [7, 11) is 0. The van der Waals surface area contributed by atoms with Crippen LogP contribution in [0, 0.1) is 0 Å². The molecular formula is C16H12BrClF3N. The standard InChI is InChI=1S/C16H12BrClF3N/c17-10-7-9-5-6-14(11-3-1-2-4-13(11)18)22-15(9)12(8-10)16(19,20)21/h1-4,7-8,14,22H,5-6H2. The lowest BCUT2D eigenvalue weighted by atomic mass is 9.91. The first kappa shape index (κ1) is 15.7. The van der Waals surface area contributed by atoms with Crippen molar-refractivity contribution >= 4 is 33.2 Å². The Morgan fingerprint density at radius 3 is 2.59 bits per heavy atom. The lowest BCUT2D eigenvalue weighted by Crippen LogP contribution is -2.22. The Morgan fingerprint density at radius 1 is 1.18 bits per heavy atom. The number of nitrogens with one attached hydrogen (secondary N) is 1. The predicted molar refractivity (Wildman–Crippen MR) is 85.3 cm³/mol. The average Bonchev–Trinajstić information content (AvgIpc) is 2.45. The number of fused-ring (bicyclic) bond motifs is 1. The second-order valence-corrected chi connectivity index (χ2v) is 6.57. The number of benzene rings is 2. The minimum Gasteiger partial charge on any atom is -0.377 e. The van der Waals surface area contributed by atoms with E-state index in [4.69, 9.17) is 11.6 Å². The van der Waals surface area contributed by atoms with Crippen molar-refractivity contribution in [3.05, 3.63) is 62.6 Å². The molecule has 6 heteroatoms. The minimum absolute atomic E-state index is 0.159. The van der Waals surface area contributed by atoms with Gasteiger partial charge in [-0.05, 0) is 42.2 Å². The Morgan fingerprint density at radius 2 is 1.91 bits per heavy atom. The number of alkyl halides is 3. The molecule has 0 bridgehead atoms. The molecule has 0 aromatic heterocycles. The fraction of sp³-hybridized carbons (Fsp3) is 0.250. The third-order valence-corrected chi connectivity index (χ3v) is 4.59. The van der Waals surface area contributed by atoms with E-state index < -0.39 is 11.7 Å². The zero-order valence-corrected chi connectivity index (χ0v) is 13.7. The Labute approximate surface area is 139 Å². The van der Waals surface area contributed by atoms with Gasteiger partial charge >= 0.3 is 6.18 Å². The summed E-state index contributed by atoms with van der Waals surface area (Å²) in [5.74, 6) is 0. The van der Waals surface area contributed by atoms with Gasteiger partial charge in [0.2, 0.25) is 0 Å². The molecule has 0 saturated heterocycles. The topological polar surface area (TPSA) is 12.0 Å². The summed E-state index contributed by atoms with van der Waals surface area (Å²) in [4.78, 5) is 0. The highest BCUT2D eigenvalue weighted by atomic mass is 79.9. The molecule has 1 N–H and O–H groups in total. The highest BCUT2D eigenvalue weighted by Gasteiger charge is 2.37. The molecule has 0 saturated carbocycles. The Balaban J connectivity index is 2.04. The van der Waals surface area contributed by atoms with E-state index in [1.54, 1.807) is 18.2 Å². The van der Waals surface area contributed by atoms with Crippen LogP contribution in [0.25, 0.3) is 0 Å². The Hall–Kier alpha value is -1.20. The van der Waals surface area contributed by atoms with Gasteiger partial charge in [0.1, 0.15) is 0 Å². The van der Waals surface area contributed by atoms with Gasteiger partial charge in [-0.25, -0.2) is 0 Å². The van der Waals surface area contributed by atoms with Crippen molar-refractivity contribution in [3.63, 3.8) is 0 Å². The molecule has 0 spiro atoms. The van der Waals surface area contributed by atoms with E-state index in [-0.39, 0.29) is 11.7 Å². The third kappa shape index (κ3) is 2.97. The first-order chi connectivity index (χ1) is 10.4. The lowest BCUT2D eigenvalue weighted by Gasteiger charge is -2.30. The molecule has 1 heterocycles. The van der Waals surface area contributed by atoms with Crippen LogP contribution in [-0.4, -0.2) is 0 Å². The molecule has 0 amide bonds. The quantitative estimate of drug-likeness (QED) is 0.609. The summed E-state index contributed by atoms with van der Waals surface area (Å²) in [6, 6.07) is 9.87. The van der Waals surface area contributed by atoms with Crippen molar-refractivity contribution in [1.82, 2.24) is 0 Å². The molecule has 1 aliphatic rings. The van der Waals surface area contributed by atoms with E-state index in [0.717, 1.165) is 11.6 Å². The van der Waals surface area contributed by atoms with E-state index in [1.165, 1.54) is 0 Å². The van der Waals surface area contributed by atoms with Gasteiger partial charge in [-0.2, -0.15) is 13.2 Å². The molecule has 0 radical (unpaired) electrons. The van der Waals surface area contributed by atoms with Crippen LogP contribution < -0.4 is 5.32 Å². The van der Waals surface area contributed by atoms with Gasteiger partial charge in [-0.15, -0.1) is 0 Å². The van der Waals surface area contributed by atoms with Crippen LogP contribution in [0.2, 0.25) is 5.02 Å². The molecule has 116 valence electrons. The van der Waals surface area contributed by atoms with Crippen LogP contribution in [0.4, 0.5) is 18.9 Å². The monoisotopic (exact) mass is 389 g/mol. The second kappa shape index (κ2) is 5.78. The van der Waals surface area contributed by atoms with Gasteiger partial charge in [0, 0.05) is 9.50 Å². The molecular weight excluding hydrogens is 379 g/mol. The van der Waals surface area contributed by atoms with Gasteiger partial charge in [-0.1, -0.05) is 45.7 Å². The normalized spacial score (nSPS) is 17.8. The summed E-state index contributed by atoms with van der Waals surface area (Å²) in [5, 5.41) is 3.60. The van der Waals surface area contributed by atoms with Gasteiger partial charge in [-0.3, -0.25) is 0 Å². The molecule has 1 aliphatic heterocycles. The van der Waals surface area contributed by atoms with Crippen molar-refractivity contribution in [2.24, 2.45) is 0 Å². The largest absolute Gasteiger partial charge is 0.418 e. The second-order valence-electron chi connectivity index (χ2n) is 5.24. The number of hydrogen-bond acceptors (Lipinski definition) is 1. The van der Waals surface area contributed by atoms with Crippen molar-refractivity contribution in [2.75, 3.05) is 5.32 Å². The molecule has 3 rings (SSSR count). The van der Waals surface area contributed by atoms with Crippen molar-refractivity contribution in [3.8, 4) is 0 Å². The van der Waals surface area contributed by atoms with Crippen molar-refractivity contribution in [2.45, 2.75) is 25.1 Å². The number of halogens is 5. The van der Waals surface area contributed by atoms with E-state index in [1.807, 2.05) is 12.1 Å². The minimum atomic E-state index is -4.40. The molecule has 1 nitrogen and oxygen atoms in total. The SMILES string of the molecule is FC(F)(F)c1cc(Br)cc2c1NC(c1ccccc1Cl)CC2. The zero-order chi connectivity index (χ0) is 15.9. The Kier molecular flexibility index (Phi) is 4.12. The fourth-order valence-corrected chi connectivity index (χ4v) is 3.56. The highest BCUT2D eigenvalue weighted by Crippen LogP contribution is 2.44. The van der Waals surface area contributed by atoms with Gasteiger partial charge in [0.15, 0.2) is 0 Å². The van der Waals surface area contributed by atoms with Crippen LogP contribution in [0.15, 0.2) is 40.9 Å². The third-order valence-electron chi connectivity index (χ3n) is 3.79. The van der Waals surface area contributed by atoms with Crippen LogP contribution in [0.1, 0.15) is 29.2 Å². The molecule has 1 unspecified atom stereocenters. The number of hydrogen-bond donors (Lipinski definition) is 1. The lowest BCUT2D eigenvalue weighted by molar-refractivity contribution is -0.137. The number of aryl methyl sites for hydroxylation is 1. The fourth-order valence-electron chi connectivity index (χ4n) is 2.79. The highest BCUT2D eigenvalue weighted by molar-refractivity contribution is 9.10. The maximum Gasteiger partial charge on any atom is 0.418 e. The maximum absolute atomic E-state index is 13.3. The van der Waals surface area contributed by atoms with Gasteiger partial charge in [0.25, 0.3) is 0 Å². The van der Waals surface area contributed by atoms with Crippen molar-refractivity contribution < 1.29 is 13.2 Å². The van der Waals surface area contributed by atoms with E-state index >= 15 is 0 Å². The summed E-state index contributed by atoms with van der Waals surface area (Å²) in [6.07, 6.45) is -3.13. The van der Waals surface area contributed by atoms with E-state index in [0.29, 0.717) is 27.9 Å². The molecule has 2 aromatic carbocycles. The molecule has 0 aliphatic carbocycles. The Bertz CT molecular complexity index is 715. The first-order valence-electron chi connectivity index (χ1n) is 6.77. The molecule has 0 fully saturated rings. The summed E-state index contributed by atoms with van der Waals surface area (Å²) in [6.45, 7) is 0. The molecule has 22 heavy (non-hydrogen) atoms. The smallest absolute Gasteiger partial charge is 0.377 e. The predicted octanol–water partition coefficient (Wildman–Crippen LogP) is 6.22. The van der Waals surface area contributed by atoms with Crippen LogP contribution in [0.3, 0.4) is 0 Å². The molecule has 2 aromatic rings. The first-order valence-corrected chi connectivity index (χ1v) is 7.94. The summed E-state index contributed by atoms with van der Waals surface area (Å²) >= 11 is 9.33. The van der Waals surface area contributed by atoms with E-state index in [9.17, 15) is 13.2 Å². The molecule has 1 atom stereocenters. The van der Waals surface area contributed by atoms with Crippen molar-refractivity contribution in [1.29, 1.82) is 0 Å². The van der Waals surface area contributed by atoms with Crippen LogP contribution >= 0.6 is 27.5 Å². The maximum atomic E-state index is 13.3. The summed E-state index contributed by atoms with van der Waals surface area (Å²) < 4.78 is 40.3. The average molecular weight is 391 g/mol. The van der Waals surface area contributed by atoms with Crippen LogP contribution in [-0.2, 0) is 12.6 Å².